The van der Waals surface area contributed by atoms with E-state index in [-0.39, 0.29) is 17.0 Å². The maximum atomic E-state index is 13.0. The average molecular weight is 480 g/mol. The number of hydrogen-bond donors (Lipinski definition) is 3. The van der Waals surface area contributed by atoms with Crippen LogP contribution in [0.1, 0.15) is 27.7 Å². The molecular weight excluding hydrogens is 458 g/mol. The van der Waals surface area contributed by atoms with Crippen molar-refractivity contribution in [2.24, 2.45) is 0 Å². The molecule has 4 rings (SSSR count). The van der Waals surface area contributed by atoms with Crippen LogP contribution >= 0.6 is 23.1 Å². The van der Waals surface area contributed by atoms with E-state index in [1.807, 2.05) is 38.1 Å². The van der Waals surface area contributed by atoms with Gasteiger partial charge in [0.15, 0.2) is 5.16 Å². The number of aromatic hydroxyl groups is 1. The summed E-state index contributed by atoms with van der Waals surface area (Å²) in [6.07, 6.45) is 0.630. The molecule has 0 bridgehead atoms. The van der Waals surface area contributed by atoms with Crippen molar-refractivity contribution in [3.05, 3.63) is 68.8 Å². The number of carbonyl (C=O) groups excluding carboxylic acids is 2. The molecule has 2 heterocycles. The fourth-order valence-corrected chi connectivity index (χ4v) is 5.31. The Labute approximate surface area is 197 Å². The number of amides is 1. The molecule has 3 N–H and O–H groups in total. The van der Waals surface area contributed by atoms with Crippen LogP contribution < -0.4 is 10.9 Å². The summed E-state index contributed by atoms with van der Waals surface area (Å²) in [6.45, 7) is 5.64. The van der Waals surface area contributed by atoms with Gasteiger partial charge in [0.05, 0.1) is 16.3 Å². The molecule has 0 aliphatic rings. The third-order valence-electron chi connectivity index (χ3n) is 5.13. The first kappa shape index (κ1) is 22.8. The Morgan fingerprint density at radius 2 is 1.94 bits per heavy atom. The van der Waals surface area contributed by atoms with Gasteiger partial charge in [-0.05, 0) is 44.5 Å². The van der Waals surface area contributed by atoms with Crippen LogP contribution in [0.2, 0.25) is 0 Å². The number of anilines is 1. The van der Waals surface area contributed by atoms with Gasteiger partial charge in [-0.25, -0.2) is 4.98 Å². The second-order valence-electron chi connectivity index (χ2n) is 7.59. The predicted octanol–water partition coefficient (Wildman–Crippen LogP) is 4.91. The van der Waals surface area contributed by atoms with Crippen molar-refractivity contribution in [1.82, 2.24) is 9.97 Å². The molecule has 0 aliphatic carbocycles. The smallest absolute Gasteiger partial charge is 0.260 e. The number of benzene rings is 2. The summed E-state index contributed by atoms with van der Waals surface area (Å²) < 4.78 is 0. The molecule has 0 saturated carbocycles. The second-order valence-corrected chi connectivity index (χ2v) is 10.1. The summed E-state index contributed by atoms with van der Waals surface area (Å²) in [6, 6.07) is 12.2. The van der Waals surface area contributed by atoms with Gasteiger partial charge in [0.25, 0.3) is 5.56 Å². The maximum absolute atomic E-state index is 13.0. The summed E-state index contributed by atoms with van der Waals surface area (Å²) in [4.78, 5) is 45.5. The third kappa shape index (κ3) is 4.69. The highest BCUT2D eigenvalue weighted by Gasteiger charge is 2.21. The number of phenols is 1. The molecular formula is C24H21N3O4S2. The number of H-pyrrole nitrogens is 1. The van der Waals surface area contributed by atoms with Crippen LogP contribution in [0.4, 0.5) is 5.69 Å². The fourth-order valence-electron chi connectivity index (χ4n) is 3.41. The quantitative estimate of drug-likeness (QED) is 0.157. The van der Waals surface area contributed by atoms with Gasteiger partial charge in [0.1, 0.15) is 16.9 Å². The van der Waals surface area contributed by atoms with Gasteiger partial charge in [0.2, 0.25) is 5.91 Å². The van der Waals surface area contributed by atoms with Crippen LogP contribution in [0.25, 0.3) is 21.3 Å². The lowest BCUT2D eigenvalue weighted by atomic mass is 10.0. The van der Waals surface area contributed by atoms with E-state index in [0.717, 1.165) is 33.3 Å². The van der Waals surface area contributed by atoms with E-state index in [9.17, 15) is 19.5 Å². The van der Waals surface area contributed by atoms with Crippen molar-refractivity contribution in [2.75, 3.05) is 5.32 Å². The van der Waals surface area contributed by atoms with Gasteiger partial charge in [-0.2, -0.15) is 0 Å². The van der Waals surface area contributed by atoms with Crippen molar-refractivity contribution < 1.29 is 14.7 Å². The van der Waals surface area contributed by atoms with Crippen molar-refractivity contribution in [1.29, 1.82) is 0 Å². The van der Waals surface area contributed by atoms with Crippen LogP contribution in [0, 0.1) is 13.8 Å². The summed E-state index contributed by atoms with van der Waals surface area (Å²) >= 11 is 2.54. The van der Waals surface area contributed by atoms with Gasteiger partial charge in [0, 0.05) is 16.0 Å². The number of thiophene rings is 1. The molecule has 0 saturated heterocycles. The normalized spacial score (nSPS) is 12.0. The molecule has 7 nitrogen and oxygen atoms in total. The Balaban J connectivity index is 1.59. The van der Waals surface area contributed by atoms with E-state index in [2.05, 4.69) is 15.3 Å². The number of carbonyl (C=O) groups is 2. The molecule has 168 valence electrons. The number of hydrogen-bond acceptors (Lipinski definition) is 7. The van der Waals surface area contributed by atoms with Crippen LogP contribution in [0.5, 0.6) is 5.75 Å². The fraction of sp³-hybridized carbons (Fsp3) is 0.167. The first-order valence-corrected chi connectivity index (χ1v) is 11.8. The van der Waals surface area contributed by atoms with Crippen molar-refractivity contribution >= 4 is 51.2 Å². The zero-order chi connectivity index (χ0) is 23.7. The number of rotatable bonds is 6. The predicted molar refractivity (Wildman–Crippen MR) is 133 cm³/mol. The maximum Gasteiger partial charge on any atom is 0.260 e. The molecule has 1 amide bonds. The zero-order valence-electron chi connectivity index (χ0n) is 18.1. The standard InChI is InChI=1S/C24H21N3O4S2/c1-12-4-7-16(8-5-12)19-13(2)32-23-20(19)22(31)26-24(27-23)33-14(3)21(30)25-17-10-15(11-28)6-9-18(17)29/h4-11,14,29H,1-3H3,(H,25,30)(H,26,27,31). The Bertz CT molecular complexity index is 1420. The van der Waals surface area contributed by atoms with Crippen molar-refractivity contribution in [3.63, 3.8) is 0 Å². The highest BCUT2D eigenvalue weighted by molar-refractivity contribution is 8.00. The number of nitrogens with zero attached hydrogens (tertiary/aromatic N) is 1. The molecule has 1 atom stereocenters. The summed E-state index contributed by atoms with van der Waals surface area (Å²) in [5.74, 6) is -0.541. The summed E-state index contributed by atoms with van der Waals surface area (Å²) in [7, 11) is 0. The highest BCUT2D eigenvalue weighted by Crippen LogP contribution is 2.36. The Morgan fingerprint density at radius 1 is 1.21 bits per heavy atom. The van der Waals surface area contributed by atoms with Crippen LogP contribution in [-0.2, 0) is 4.79 Å². The van der Waals surface area contributed by atoms with E-state index < -0.39 is 11.2 Å². The van der Waals surface area contributed by atoms with Crippen LogP contribution in [0.15, 0.2) is 52.4 Å². The number of phenolic OH excluding ortho intramolecular Hbond substituents is 1. The van der Waals surface area contributed by atoms with E-state index in [1.165, 1.54) is 29.5 Å². The van der Waals surface area contributed by atoms with Gasteiger partial charge in [-0.1, -0.05) is 41.6 Å². The number of aryl methyl sites for hydroxylation is 2. The molecule has 2 aromatic carbocycles. The molecule has 9 heteroatoms. The lowest BCUT2D eigenvalue weighted by molar-refractivity contribution is -0.115. The minimum Gasteiger partial charge on any atom is -0.506 e. The summed E-state index contributed by atoms with van der Waals surface area (Å²) in [5.41, 5.74) is 3.19. The molecule has 0 aliphatic heterocycles. The van der Waals surface area contributed by atoms with Crippen LogP contribution in [-0.4, -0.2) is 32.5 Å². The number of thioether (sulfide) groups is 1. The topological polar surface area (TPSA) is 112 Å². The zero-order valence-corrected chi connectivity index (χ0v) is 19.8. The Kier molecular flexibility index (Phi) is 6.35. The highest BCUT2D eigenvalue weighted by atomic mass is 32.2. The minimum atomic E-state index is -0.623. The van der Waals surface area contributed by atoms with Crippen LogP contribution in [0.3, 0.4) is 0 Å². The average Bonchev–Trinajstić information content (AvgIpc) is 3.12. The van der Waals surface area contributed by atoms with E-state index in [4.69, 9.17) is 0 Å². The van der Waals surface area contributed by atoms with E-state index in [0.29, 0.717) is 27.2 Å². The summed E-state index contributed by atoms with van der Waals surface area (Å²) in [5, 5.41) is 12.8. The monoisotopic (exact) mass is 479 g/mol. The van der Waals surface area contributed by atoms with E-state index in [1.54, 1.807) is 6.92 Å². The molecule has 0 radical (unpaired) electrons. The molecule has 0 fully saturated rings. The molecule has 1 unspecified atom stereocenters. The van der Waals surface area contributed by atoms with Gasteiger partial charge < -0.3 is 15.4 Å². The minimum absolute atomic E-state index is 0.142. The first-order valence-electron chi connectivity index (χ1n) is 10.1. The molecule has 2 aromatic heterocycles. The van der Waals surface area contributed by atoms with Crippen molar-refractivity contribution in [2.45, 2.75) is 31.2 Å². The number of aromatic nitrogens is 2. The van der Waals surface area contributed by atoms with Crippen molar-refractivity contribution in [3.8, 4) is 16.9 Å². The Hall–Kier alpha value is -3.43. The second kappa shape index (κ2) is 9.21. The third-order valence-corrected chi connectivity index (χ3v) is 7.11. The molecule has 4 aromatic rings. The molecule has 0 spiro atoms. The lowest BCUT2D eigenvalue weighted by Gasteiger charge is -2.12. The Morgan fingerprint density at radius 3 is 2.64 bits per heavy atom. The van der Waals surface area contributed by atoms with Gasteiger partial charge in [-0.15, -0.1) is 11.3 Å². The SMILES string of the molecule is Cc1ccc(-c2c(C)sc3nc(SC(C)C(=O)Nc4cc(C=O)ccc4O)[nH]c(=O)c23)cc1. The molecule has 33 heavy (non-hydrogen) atoms. The first-order chi connectivity index (χ1) is 15.8. The number of fused-ring (bicyclic) bond motifs is 1. The van der Waals surface area contributed by atoms with E-state index >= 15 is 0 Å². The number of aldehydes is 1. The number of nitrogens with one attached hydrogen (secondary N) is 2. The van der Waals surface area contributed by atoms with Gasteiger partial charge in [-0.3, -0.25) is 14.4 Å². The number of aromatic amines is 1. The van der Waals surface area contributed by atoms with Gasteiger partial charge >= 0.3 is 0 Å². The largest absolute Gasteiger partial charge is 0.506 e. The lowest BCUT2D eigenvalue weighted by Crippen LogP contribution is -2.23.